The van der Waals surface area contributed by atoms with Crippen LogP contribution in [0.25, 0.3) is 0 Å². The third-order valence-electron chi connectivity index (χ3n) is 2.51. The Morgan fingerprint density at radius 2 is 1.78 bits per heavy atom. The van der Waals surface area contributed by atoms with Crippen LogP contribution in [-0.2, 0) is 11.3 Å². The maximum Gasteiger partial charge on any atom is 0.340 e. The summed E-state index contributed by atoms with van der Waals surface area (Å²) in [6.45, 7) is 0.226. The summed E-state index contributed by atoms with van der Waals surface area (Å²) in [6, 6.07) is 14.2. The average Bonchev–Trinajstić information content (AvgIpc) is 2.37. The smallest absolute Gasteiger partial charge is 0.340 e. The molecule has 2 aromatic rings. The van der Waals surface area contributed by atoms with Crippen molar-refractivity contribution in [2.45, 2.75) is 6.61 Å². The molecule has 0 unspecified atom stereocenters. The molecule has 0 aliphatic heterocycles. The number of benzene rings is 2. The minimum atomic E-state index is -0.448. The van der Waals surface area contributed by atoms with Gasteiger partial charge in [0.25, 0.3) is 0 Å². The van der Waals surface area contributed by atoms with Crippen molar-refractivity contribution in [1.82, 2.24) is 0 Å². The van der Waals surface area contributed by atoms with Crippen LogP contribution in [0.5, 0.6) is 0 Å². The maximum absolute atomic E-state index is 11.8. The molecule has 0 bridgehead atoms. The summed E-state index contributed by atoms with van der Waals surface area (Å²) in [5.74, 6) is -0.448. The van der Waals surface area contributed by atoms with Crippen LogP contribution in [0.1, 0.15) is 15.9 Å². The lowest BCUT2D eigenvalue weighted by Gasteiger charge is -2.07. The molecule has 0 radical (unpaired) electrons. The largest absolute Gasteiger partial charge is 0.457 e. The van der Waals surface area contributed by atoms with Crippen LogP contribution in [0.2, 0.25) is 0 Å². The summed E-state index contributed by atoms with van der Waals surface area (Å²) >= 11 is 0. The lowest BCUT2D eigenvalue weighted by Crippen LogP contribution is -2.08. The minimum Gasteiger partial charge on any atom is -0.457 e. The maximum atomic E-state index is 11.8. The predicted octanol–water partition coefficient (Wildman–Crippen LogP) is 2.21. The zero-order valence-corrected chi connectivity index (χ0v) is 9.80. The number of nitrogens with two attached hydrogens (primary N) is 2. The van der Waals surface area contributed by atoms with E-state index < -0.39 is 5.97 Å². The molecule has 0 saturated heterocycles. The van der Waals surface area contributed by atoms with E-state index in [1.807, 2.05) is 30.3 Å². The molecule has 0 aliphatic carbocycles. The molecular weight excluding hydrogens is 228 g/mol. The van der Waals surface area contributed by atoms with Crippen LogP contribution in [-0.4, -0.2) is 5.97 Å². The van der Waals surface area contributed by atoms with Crippen LogP contribution in [0, 0.1) is 0 Å². The molecule has 0 spiro atoms. The third kappa shape index (κ3) is 2.79. The Morgan fingerprint density at radius 3 is 2.44 bits per heavy atom. The first-order valence-electron chi connectivity index (χ1n) is 5.53. The molecule has 0 atom stereocenters. The highest BCUT2D eigenvalue weighted by molar-refractivity contribution is 5.95. The molecule has 0 aromatic heterocycles. The number of hydrogen-bond acceptors (Lipinski definition) is 4. The number of carbonyl (C=O) groups is 1. The molecular formula is C14H14N2O2. The first kappa shape index (κ1) is 12.0. The fourth-order valence-electron chi connectivity index (χ4n) is 1.57. The van der Waals surface area contributed by atoms with Crippen molar-refractivity contribution in [2.24, 2.45) is 0 Å². The van der Waals surface area contributed by atoms with Crippen molar-refractivity contribution in [3.05, 3.63) is 59.7 Å². The van der Waals surface area contributed by atoms with E-state index in [1.165, 1.54) is 0 Å². The second-order valence-corrected chi connectivity index (χ2v) is 3.91. The monoisotopic (exact) mass is 242 g/mol. The first-order chi connectivity index (χ1) is 8.66. The van der Waals surface area contributed by atoms with Crippen molar-refractivity contribution >= 4 is 17.3 Å². The third-order valence-corrected chi connectivity index (χ3v) is 2.51. The molecule has 18 heavy (non-hydrogen) atoms. The Balaban J connectivity index is 2.04. The summed E-state index contributed by atoms with van der Waals surface area (Å²) in [5, 5.41) is 0. The van der Waals surface area contributed by atoms with E-state index in [4.69, 9.17) is 16.2 Å². The van der Waals surface area contributed by atoms with Gasteiger partial charge in [0.1, 0.15) is 6.61 Å². The molecule has 2 aromatic carbocycles. The summed E-state index contributed by atoms with van der Waals surface area (Å²) in [6.07, 6.45) is 0. The summed E-state index contributed by atoms with van der Waals surface area (Å²) in [4.78, 5) is 11.8. The van der Waals surface area contributed by atoms with Gasteiger partial charge in [0.15, 0.2) is 0 Å². The topological polar surface area (TPSA) is 78.3 Å². The molecule has 0 aliphatic rings. The summed E-state index contributed by atoms with van der Waals surface area (Å²) in [7, 11) is 0. The van der Waals surface area contributed by atoms with Gasteiger partial charge < -0.3 is 16.2 Å². The van der Waals surface area contributed by atoms with E-state index in [0.29, 0.717) is 16.9 Å². The second kappa shape index (κ2) is 5.23. The van der Waals surface area contributed by atoms with Gasteiger partial charge in [-0.05, 0) is 23.8 Å². The normalized spacial score (nSPS) is 10.0. The van der Waals surface area contributed by atoms with Gasteiger partial charge in [-0.3, -0.25) is 0 Å². The van der Waals surface area contributed by atoms with Crippen molar-refractivity contribution in [2.75, 3.05) is 11.5 Å². The molecule has 4 heteroatoms. The van der Waals surface area contributed by atoms with E-state index in [2.05, 4.69) is 0 Å². The predicted molar refractivity (Wildman–Crippen MR) is 70.8 cm³/mol. The molecule has 0 heterocycles. The zero-order chi connectivity index (χ0) is 13.0. The SMILES string of the molecule is Nc1ccc(C(=O)OCc2ccccc2)c(N)c1. The number of rotatable bonds is 3. The van der Waals surface area contributed by atoms with E-state index in [0.717, 1.165) is 5.56 Å². The molecule has 2 rings (SSSR count). The molecule has 4 nitrogen and oxygen atoms in total. The van der Waals surface area contributed by atoms with E-state index in [9.17, 15) is 4.79 Å². The highest BCUT2D eigenvalue weighted by atomic mass is 16.5. The lowest BCUT2D eigenvalue weighted by molar-refractivity contribution is 0.0474. The Hall–Kier alpha value is -2.49. The van der Waals surface area contributed by atoms with Gasteiger partial charge in [0.05, 0.1) is 5.56 Å². The molecule has 0 amide bonds. The van der Waals surface area contributed by atoms with Crippen LogP contribution < -0.4 is 11.5 Å². The highest BCUT2D eigenvalue weighted by Gasteiger charge is 2.11. The standard InChI is InChI=1S/C14H14N2O2/c15-11-6-7-12(13(16)8-11)14(17)18-9-10-4-2-1-3-5-10/h1-8H,9,15-16H2. The van der Waals surface area contributed by atoms with Crippen molar-refractivity contribution in [3.63, 3.8) is 0 Å². The molecule has 0 saturated carbocycles. The van der Waals surface area contributed by atoms with E-state index in [-0.39, 0.29) is 6.61 Å². The zero-order valence-electron chi connectivity index (χ0n) is 9.80. The molecule has 92 valence electrons. The fourth-order valence-corrected chi connectivity index (χ4v) is 1.57. The van der Waals surface area contributed by atoms with Crippen molar-refractivity contribution in [3.8, 4) is 0 Å². The van der Waals surface area contributed by atoms with Gasteiger partial charge >= 0.3 is 5.97 Å². The van der Waals surface area contributed by atoms with Gasteiger partial charge in [0, 0.05) is 11.4 Å². The summed E-state index contributed by atoms with van der Waals surface area (Å²) < 4.78 is 5.18. The Bertz CT molecular complexity index is 553. The van der Waals surface area contributed by atoms with Crippen LogP contribution in [0.15, 0.2) is 48.5 Å². The highest BCUT2D eigenvalue weighted by Crippen LogP contribution is 2.17. The van der Waals surface area contributed by atoms with Crippen LogP contribution in [0.4, 0.5) is 11.4 Å². The van der Waals surface area contributed by atoms with Crippen LogP contribution in [0.3, 0.4) is 0 Å². The Kier molecular flexibility index (Phi) is 3.48. The second-order valence-electron chi connectivity index (χ2n) is 3.91. The van der Waals surface area contributed by atoms with Gasteiger partial charge in [-0.2, -0.15) is 0 Å². The number of nitrogen functional groups attached to an aromatic ring is 2. The van der Waals surface area contributed by atoms with E-state index >= 15 is 0 Å². The van der Waals surface area contributed by atoms with Gasteiger partial charge in [0.2, 0.25) is 0 Å². The first-order valence-corrected chi connectivity index (χ1v) is 5.53. The fraction of sp³-hybridized carbons (Fsp3) is 0.0714. The summed E-state index contributed by atoms with van der Waals surface area (Å²) in [5.41, 5.74) is 13.4. The van der Waals surface area contributed by atoms with Crippen molar-refractivity contribution < 1.29 is 9.53 Å². The van der Waals surface area contributed by atoms with Crippen molar-refractivity contribution in [1.29, 1.82) is 0 Å². The number of ether oxygens (including phenoxy) is 1. The van der Waals surface area contributed by atoms with Gasteiger partial charge in [-0.15, -0.1) is 0 Å². The minimum absolute atomic E-state index is 0.226. The van der Waals surface area contributed by atoms with E-state index in [1.54, 1.807) is 18.2 Å². The quantitative estimate of drug-likeness (QED) is 0.639. The lowest BCUT2D eigenvalue weighted by atomic mass is 10.1. The number of esters is 1. The number of carbonyl (C=O) groups excluding carboxylic acids is 1. The Labute approximate surface area is 105 Å². The molecule has 0 fully saturated rings. The van der Waals surface area contributed by atoms with Gasteiger partial charge in [-0.1, -0.05) is 30.3 Å². The van der Waals surface area contributed by atoms with Crippen LogP contribution >= 0.6 is 0 Å². The number of anilines is 2. The molecule has 4 N–H and O–H groups in total. The Morgan fingerprint density at radius 1 is 1.06 bits per heavy atom. The van der Waals surface area contributed by atoms with Gasteiger partial charge in [-0.25, -0.2) is 4.79 Å². The number of hydrogen-bond donors (Lipinski definition) is 2. The average molecular weight is 242 g/mol.